The molecule has 0 atom stereocenters. The fraction of sp³-hybridized carbons (Fsp3) is 0.667. The lowest BCUT2D eigenvalue weighted by atomic mass is 9.88. The van der Waals surface area contributed by atoms with E-state index in [1.807, 2.05) is 19.2 Å². The van der Waals surface area contributed by atoms with Gasteiger partial charge in [-0.3, -0.25) is 4.79 Å². The van der Waals surface area contributed by atoms with Gasteiger partial charge >= 0.3 is 5.97 Å². The van der Waals surface area contributed by atoms with Gasteiger partial charge in [0.05, 0.1) is 23.2 Å². The molecule has 16 heavy (non-hydrogen) atoms. The van der Waals surface area contributed by atoms with Gasteiger partial charge in [0.1, 0.15) is 0 Å². The van der Waals surface area contributed by atoms with Gasteiger partial charge in [-0.05, 0) is 13.8 Å². The average molecular weight is 241 g/mol. The zero-order chi connectivity index (χ0) is 12.3. The quantitative estimate of drug-likeness (QED) is 0.761. The molecule has 0 saturated carbocycles. The molecular weight excluding hydrogens is 222 g/mol. The van der Waals surface area contributed by atoms with Gasteiger partial charge in [-0.15, -0.1) is 11.3 Å². The van der Waals surface area contributed by atoms with Gasteiger partial charge < -0.3 is 4.74 Å². The Labute approximate surface area is 101 Å². The number of ether oxygens (including phenoxy) is 1. The van der Waals surface area contributed by atoms with Crippen LogP contribution < -0.4 is 0 Å². The van der Waals surface area contributed by atoms with Crippen LogP contribution in [-0.4, -0.2) is 18.1 Å². The molecule has 0 bridgehead atoms. The first kappa shape index (κ1) is 13.2. The van der Waals surface area contributed by atoms with Crippen molar-refractivity contribution >= 4 is 17.3 Å². The highest BCUT2D eigenvalue weighted by Gasteiger charge is 2.29. The minimum Gasteiger partial charge on any atom is -0.469 e. The smallest absolute Gasteiger partial charge is 0.311 e. The number of carbonyl (C=O) groups excluding carboxylic acids is 1. The summed E-state index contributed by atoms with van der Waals surface area (Å²) in [4.78, 5) is 16.1. The van der Waals surface area contributed by atoms with Gasteiger partial charge in [0.2, 0.25) is 0 Å². The first-order valence-corrected chi connectivity index (χ1v) is 6.27. The Balaban J connectivity index is 2.76. The minimum atomic E-state index is -0.503. The monoisotopic (exact) mass is 241 g/mol. The van der Waals surface area contributed by atoms with Crippen molar-refractivity contribution in [3.63, 3.8) is 0 Å². The van der Waals surface area contributed by atoms with Crippen molar-refractivity contribution in [1.82, 2.24) is 4.98 Å². The van der Waals surface area contributed by atoms with E-state index in [0.717, 1.165) is 10.7 Å². The normalized spacial score (nSPS) is 11.9. The Morgan fingerprint density at radius 3 is 2.62 bits per heavy atom. The summed E-state index contributed by atoms with van der Waals surface area (Å²) in [5, 5.41) is 3.15. The first-order chi connectivity index (χ1) is 7.36. The van der Waals surface area contributed by atoms with Crippen LogP contribution in [-0.2, 0) is 16.0 Å². The third-order valence-corrected chi connectivity index (χ3v) is 3.62. The maximum absolute atomic E-state index is 11.5. The summed E-state index contributed by atoms with van der Waals surface area (Å²) >= 11 is 1.65. The van der Waals surface area contributed by atoms with Gasteiger partial charge in [0.15, 0.2) is 0 Å². The molecule has 0 aromatic carbocycles. The Kier molecular flexibility index (Phi) is 4.08. The molecule has 1 heterocycles. The molecule has 4 heteroatoms. The molecule has 0 spiro atoms. The molecule has 1 aromatic heterocycles. The van der Waals surface area contributed by atoms with Crippen molar-refractivity contribution in [2.45, 2.75) is 40.0 Å². The van der Waals surface area contributed by atoms with Gasteiger partial charge in [0, 0.05) is 17.7 Å². The molecule has 3 nitrogen and oxygen atoms in total. The van der Waals surface area contributed by atoms with E-state index in [1.165, 1.54) is 7.11 Å². The second-order valence-electron chi connectivity index (χ2n) is 4.88. The fourth-order valence-electron chi connectivity index (χ4n) is 1.47. The van der Waals surface area contributed by atoms with E-state index in [4.69, 9.17) is 4.74 Å². The zero-order valence-corrected chi connectivity index (χ0v) is 11.4. The molecule has 1 aromatic rings. The highest BCUT2D eigenvalue weighted by Crippen LogP contribution is 2.26. The van der Waals surface area contributed by atoms with Crippen LogP contribution in [0.5, 0.6) is 0 Å². The Bertz CT molecular complexity index is 369. The number of hydrogen-bond acceptors (Lipinski definition) is 4. The van der Waals surface area contributed by atoms with Crippen molar-refractivity contribution < 1.29 is 9.53 Å². The molecule has 0 N–H and O–H groups in total. The van der Waals surface area contributed by atoms with Crippen LogP contribution >= 0.6 is 11.3 Å². The van der Waals surface area contributed by atoms with Gasteiger partial charge in [-0.2, -0.15) is 0 Å². The van der Waals surface area contributed by atoms with E-state index < -0.39 is 5.41 Å². The number of esters is 1. The van der Waals surface area contributed by atoms with Crippen molar-refractivity contribution in [2.75, 3.05) is 7.11 Å². The fourth-order valence-corrected chi connectivity index (χ4v) is 2.31. The van der Waals surface area contributed by atoms with Gasteiger partial charge in [-0.1, -0.05) is 13.8 Å². The lowest BCUT2D eigenvalue weighted by molar-refractivity contribution is -0.150. The molecule has 90 valence electrons. The highest BCUT2D eigenvalue weighted by atomic mass is 32.1. The molecule has 0 aliphatic heterocycles. The van der Waals surface area contributed by atoms with Crippen LogP contribution in [0.4, 0.5) is 0 Å². The third-order valence-electron chi connectivity index (χ3n) is 2.42. The molecule has 1 rings (SSSR count). The van der Waals surface area contributed by atoms with E-state index >= 15 is 0 Å². The Morgan fingerprint density at radius 2 is 2.19 bits per heavy atom. The van der Waals surface area contributed by atoms with E-state index in [0.29, 0.717) is 12.3 Å². The molecule has 0 radical (unpaired) electrons. The summed E-state index contributed by atoms with van der Waals surface area (Å²) in [5.41, 5.74) is 0.473. The van der Waals surface area contributed by atoms with Crippen LogP contribution in [0.15, 0.2) is 5.38 Å². The number of hydrogen-bond donors (Lipinski definition) is 0. The number of rotatable bonds is 4. The number of aromatic nitrogens is 1. The molecule has 0 saturated heterocycles. The third kappa shape index (κ3) is 3.04. The average Bonchev–Trinajstić information content (AvgIpc) is 2.64. The second kappa shape index (κ2) is 4.95. The number of carbonyl (C=O) groups is 1. The van der Waals surface area contributed by atoms with Crippen LogP contribution in [0.25, 0.3) is 0 Å². The summed E-state index contributed by atoms with van der Waals surface area (Å²) in [5.74, 6) is 0.256. The molecular formula is C12H19NO2S. The standard InChI is InChI=1S/C12H19NO2S/c1-8(2)10-13-9(7-16-10)6-12(3,4)11(14)15-5/h7-8H,6H2,1-5H3. The second-order valence-corrected chi connectivity index (χ2v) is 5.77. The Hall–Kier alpha value is -0.900. The van der Waals surface area contributed by atoms with Crippen molar-refractivity contribution in [3.05, 3.63) is 16.1 Å². The first-order valence-electron chi connectivity index (χ1n) is 5.39. The van der Waals surface area contributed by atoms with Crippen molar-refractivity contribution in [1.29, 1.82) is 0 Å². The predicted octanol–water partition coefficient (Wildman–Crippen LogP) is 3.01. The summed E-state index contributed by atoms with van der Waals surface area (Å²) in [6.45, 7) is 8.00. The lowest BCUT2D eigenvalue weighted by Gasteiger charge is -2.19. The number of thiazole rings is 1. The highest BCUT2D eigenvalue weighted by molar-refractivity contribution is 7.09. The van der Waals surface area contributed by atoms with Crippen LogP contribution in [0, 0.1) is 5.41 Å². The van der Waals surface area contributed by atoms with Gasteiger partial charge in [0.25, 0.3) is 0 Å². The maximum atomic E-state index is 11.5. The lowest BCUT2D eigenvalue weighted by Crippen LogP contribution is -2.28. The molecule has 0 fully saturated rings. The molecule has 0 amide bonds. The molecule has 0 aliphatic rings. The van der Waals surface area contributed by atoms with E-state index in [9.17, 15) is 4.79 Å². The Morgan fingerprint density at radius 1 is 1.56 bits per heavy atom. The summed E-state index contributed by atoms with van der Waals surface area (Å²) in [6, 6.07) is 0. The van der Waals surface area contributed by atoms with Crippen molar-refractivity contribution in [2.24, 2.45) is 5.41 Å². The van der Waals surface area contributed by atoms with E-state index in [-0.39, 0.29) is 5.97 Å². The minimum absolute atomic E-state index is 0.188. The summed E-state index contributed by atoms with van der Waals surface area (Å²) < 4.78 is 4.78. The number of nitrogens with zero attached hydrogens (tertiary/aromatic N) is 1. The largest absolute Gasteiger partial charge is 0.469 e. The zero-order valence-electron chi connectivity index (χ0n) is 10.5. The topological polar surface area (TPSA) is 39.2 Å². The number of methoxy groups -OCH3 is 1. The van der Waals surface area contributed by atoms with E-state index in [1.54, 1.807) is 11.3 Å². The van der Waals surface area contributed by atoms with E-state index in [2.05, 4.69) is 18.8 Å². The van der Waals surface area contributed by atoms with Crippen molar-refractivity contribution in [3.8, 4) is 0 Å². The molecule has 0 unspecified atom stereocenters. The predicted molar refractivity (Wildman–Crippen MR) is 65.7 cm³/mol. The van der Waals surface area contributed by atoms with Crippen LogP contribution in [0.2, 0.25) is 0 Å². The van der Waals surface area contributed by atoms with Crippen LogP contribution in [0.1, 0.15) is 44.3 Å². The van der Waals surface area contributed by atoms with Gasteiger partial charge in [-0.25, -0.2) is 4.98 Å². The summed E-state index contributed by atoms with van der Waals surface area (Å²) in [7, 11) is 1.42. The molecule has 0 aliphatic carbocycles. The SMILES string of the molecule is COC(=O)C(C)(C)Cc1csc(C(C)C)n1. The summed E-state index contributed by atoms with van der Waals surface area (Å²) in [6.07, 6.45) is 0.628. The maximum Gasteiger partial charge on any atom is 0.311 e. The van der Waals surface area contributed by atoms with Crippen LogP contribution in [0.3, 0.4) is 0 Å².